The van der Waals surface area contributed by atoms with Crippen molar-refractivity contribution < 1.29 is 18.8 Å². The summed E-state index contributed by atoms with van der Waals surface area (Å²) in [6.45, 7) is 8.47. The van der Waals surface area contributed by atoms with Crippen LogP contribution in [0.2, 0.25) is 0 Å². The highest BCUT2D eigenvalue weighted by molar-refractivity contribution is 7.98. The lowest BCUT2D eigenvalue weighted by Crippen LogP contribution is -2.60. The van der Waals surface area contributed by atoms with Crippen molar-refractivity contribution in [3.05, 3.63) is 53.0 Å². The fraction of sp³-hybridized carbons (Fsp3) is 0.567. The Morgan fingerprint density at radius 1 is 1.05 bits per heavy atom. The van der Waals surface area contributed by atoms with E-state index >= 15 is 0 Å². The number of piperidine rings is 1. The van der Waals surface area contributed by atoms with E-state index in [4.69, 9.17) is 4.42 Å². The molecular weight excluding hydrogens is 498 g/mol. The van der Waals surface area contributed by atoms with Crippen molar-refractivity contribution in [2.75, 3.05) is 0 Å². The summed E-state index contributed by atoms with van der Waals surface area (Å²) in [5, 5.41) is 6.19. The van der Waals surface area contributed by atoms with Gasteiger partial charge in [-0.25, -0.2) is 0 Å². The van der Waals surface area contributed by atoms with Crippen molar-refractivity contribution in [3.8, 4) is 0 Å². The number of thioether (sulfide) groups is 1. The van der Waals surface area contributed by atoms with Crippen LogP contribution in [-0.2, 0) is 28.4 Å². The molecule has 1 aromatic heterocycles. The Hall–Kier alpha value is -2.58. The standard InChI is InChI=1S/C30H37N3O4S/c1-29(2)13-12-25(30(3)14-11-24(29)30)31-15-18-7-8-19(37-18)17-38-23-6-4-5-20-21(23)16-33(28(20)36)22-9-10-26(34)32-27(22)35/h4-8,22,24-25,31H,9-17H2,1-3H3,(H,32,34,35). The Morgan fingerprint density at radius 2 is 1.87 bits per heavy atom. The fourth-order valence-corrected chi connectivity index (χ4v) is 8.44. The summed E-state index contributed by atoms with van der Waals surface area (Å²) in [6, 6.07) is 9.79. The molecule has 2 saturated carbocycles. The third-order valence-corrected chi connectivity index (χ3v) is 10.9. The zero-order valence-corrected chi connectivity index (χ0v) is 23.3. The molecule has 2 aliphatic carbocycles. The summed E-state index contributed by atoms with van der Waals surface area (Å²) in [5.74, 6) is 2.54. The average Bonchev–Trinajstić information content (AvgIpc) is 3.45. The lowest BCUT2D eigenvalue weighted by atomic mass is 9.45. The molecule has 0 spiro atoms. The number of carbonyl (C=O) groups excluding carboxylic acids is 3. The predicted molar refractivity (Wildman–Crippen MR) is 145 cm³/mol. The van der Waals surface area contributed by atoms with Crippen LogP contribution in [0.5, 0.6) is 0 Å². The quantitative estimate of drug-likeness (QED) is 0.382. The van der Waals surface area contributed by atoms with Crippen molar-refractivity contribution in [1.29, 1.82) is 0 Å². The first-order valence-corrected chi connectivity index (χ1v) is 14.8. The van der Waals surface area contributed by atoms with Gasteiger partial charge in [-0.3, -0.25) is 19.7 Å². The Kier molecular flexibility index (Phi) is 6.46. The molecule has 8 heteroatoms. The van der Waals surface area contributed by atoms with Gasteiger partial charge in [-0.15, -0.1) is 11.8 Å². The first kappa shape index (κ1) is 25.7. The van der Waals surface area contributed by atoms with E-state index in [-0.39, 0.29) is 24.1 Å². The number of nitrogens with one attached hydrogen (secondary N) is 2. The fourth-order valence-electron chi connectivity index (χ4n) is 7.46. The molecule has 0 radical (unpaired) electrons. The van der Waals surface area contributed by atoms with E-state index in [1.807, 2.05) is 24.3 Å². The van der Waals surface area contributed by atoms with Crippen LogP contribution in [0.15, 0.2) is 39.6 Å². The summed E-state index contributed by atoms with van der Waals surface area (Å²) >= 11 is 1.65. The molecule has 4 atom stereocenters. The van der Waals surface area contributed by atoms with E-state index in [2.05, 4.69) is 37.5 Å². The van der Waals surface area contributed by atoms with Gasteiger partial charge in [0.15, 0.2) is 0 Å². The summed E-state index contributed by atoms with van der Waals surface area (Å²) < 4.78 is 6.19. The minimum absolute atomic E-state index is 0.142. The molecular formula is C30H37N3O4S. The highest BCUT2D eigenvalue weighted by Gasteiger charge is 2.56. The largest absolute Gasteiger partial charge is 0.464 e. The maximum Gasteiger partial charge on any atom is 0.255 e. The molecule has 4 aliphatic rings. The molecule has 202 valence electrons. The zero-order chi connectivity index (χ0) is 26.7. The Labute approximate surface area is 228 Å². The highest BCUT2D eigenvalue weighted by atomic mass is 32.2. The van der Waals surface area contributed by atoms with Gasteiger partial charge in [-0.2, -0.15) is 0 Å². The minimum Gasteiger partial charge on any atom is -0.464 e. The first-order valence-electron chi connectivity index (χ1n) is 13.9. The number of imide groups is 1. The van der Waals surface area contributed by atoms with E-state index in [0.29, 0.717) is 41.2 Å². The molecule has 2 aliphatic heterocycles. The Balaban J connectivity index is 1.07. The number of fused-ring (bicyclic) bond motifs is 2. The van der Waals surface area contributed by atoms with Gasteiger partial charge >= 0.3 is 0 Å². The second kappa shape index (κ2) is 9.56. The summed E-state index contributed by atoms with van der Waals surface area (Å²) in [6.07, 6.45) is 5.78. The number of hydrogen-bond acceptors (Lipinski definition) is 6. The van der Waals surface area contributed by atoms with Crippen LogP contribution >= 0.6 is 11.8 Å². The average molecular weight is 536 g/mol. The molecule has 1 aromatic carbocycles. The summed E-state index contributed by atoms with van der Waals surface area (Å²) in [5.41, 5.74) is 2.42. The molecule has 6 rings (SSSR count). The van der Waals surface area contributed by atoms with Gasteiger partial charge in [0.05, 0.1) is 12.3 Å². The number of carbonyl (C=O) groups is 3. The van der Waals surface area contributed by atoms with Gasteiger partial charge in [0.25, 0.3) is 5.91 Å². The number of furan rings is 1. The van der Waals surface area contributed by atoms with Crippen molar-refractivity contribution in [3.63, 3.8) is 0 Å². The van der Waals surface area contributed by atoms with E-state index in [9.17, 15) is 14.4 Å². The summed E-state index contributed by atoms with van der Waals surface area (Å²) in [7, 11) is 0. The Morgan fingerprint density at radius 3 is 2.63 bits per heavy atom. The van der Waals surface area contributed by atoms with Crippen LogP contribution in [0.25, 0.3) is 0 Å². The van der Waals surface area contributed by atoms with Crippen LogP contribution in [0.1, 0.15) is 86.7 Å². The van der Waals surface area contributed by atoms with Gasteiger partial charge in [0.2, 0.25) is 11.8 Å². The molecule has 2 aromatic rings. The van der Waals surface area contributed by atoms with Crippen LogP contribution in [0, 0.1) is 16.7 Å². The minimum atomic E-state index is -0.599. The van der Waals surface area contributed by atoms with E-state index in [1.165, 1.54) is 25.7 Å². The maximum absolute atomic E-state index is 13.1. The molecule has 0 bridgehead atoms. The molecule has 3 fully saturated rings. The normalized spacial score (nSPS) is 30.0. The molecule has 7 nitrogen and oxygen atoms in total. The van der Waals surface area contributed by atoms with Crippen LogP contribution in [0.3, 0.4) is 0 Å². The van der Waals surface area contributed by atoms with Crippen molar-refractivity contribution in [2.24, 2.45) is 16.7 Å². The number of amides is 3. The van der Waals surface area contributed by atoms with E-state index in [1.54, 1.807) is 16.7 Å². The number of hydrogen-bond donors (Lipinski definition) is 2. The first-order chi connectivity index (χ1) is 18.2. The van der Waals surface area contributed by atoms with E-state index < -0.39 is 6.04 Å². The monoisotopic (exact) mass is 535 g/mol. The second-order valence-electron chi connectivity index (χ2n) is 12.4. The van der Waals surface area contributed by atoms with Gasteiger partial charge in [0.1, 0.15) is 17.6 Å². The van der Waals surface area contributed by atoms with Gasteiger partial charge in [0, 0.05) is 29.5 Å². The number of rotatable bonds is 7. The number of benzene rings is 1. The van der Waals surface area contributed by atoms with Gasteiger partial charge in [-0.05, 0) is 78.7 Å². The summed E-state index contributed by atoms with van der Waals surface area (Å²) in [4.78, 5) is 39.6. The smallest absolute Gasteiger partial charge is 0.255 e. The highest BCUT2D eigenvalue weighted by Crippen LogP contribution is 2.62. The molecule has 3 amide bonds. The molecule has 38 heavy (non-hydrogen) atoms. The lowest BCUT2D eigenvalue weighted by Gasteiger charge is -2.62. The molecule has 4 unspecified atom stereocenters. The maximum atomic E-state index is 13.1. The van der Waals surface area contributed by atoms with Crippen molar-refractivity contribution in [2.45, 2.75) is 95.1 Å². The third-order valence-electron chi connectivity index (χ3n) is 9.73. The molecule has 1 saturated heterocycles. The SMILES string of the molecule is CC1(C)CCC(NCc2ccc(CSc3cccc4c3CN(C3CCC(=O)NC3=O)C4=O)o2)C2(C)CCC12. The van der Waals surface area contributed by atoms with E-state index in [0.717, 1.165) is 34.4 Å². The molecule has 2 N–H and O–H groups in total. The zero-order valence-electron chi connectivity index (χ0n) is 22.5. The van der Waals surface area contributed by atoms with Crippen molar-refractivity contribution in [1.82, 2.24) is 15.5 Å². The Bertz CT molecular complexity index is 1290. The molecule has 3 heterocycles. The van der Waals surface area contributed by atoms with Crippen molar-refractivity contribution >= 4 is 29.5 Å². The van der Waals surface area contributed by atoms with Gasteiger partial charge < -0.3 is 14.6 Å². The van der Waals surface area contributed by atoms with Crippen LogP contribution in [-0.4, -0.2) is 34.7 Å². The number of nitrogens with zero attached hydrogens (tertiary/aromatic N) is 1. The third kappa shape index (κ3) is 4.39. The predicted octanol–water partition coefficient (Wildman–Crippen LogP) is 5.03. The second-order valence-corrected chi connectivity index (χ2v) is 13.4. The van der Waals surface area contributed by atoms with Crippen LogP contribution in [0.4, 0.5) is 0 Å². The van der Waals surface area contributed by atoms with Gasteiger partial charge in [-0.1, -0.05) is 26.8 Å². The topological polar surface area (TPSA) is 91.7 Å². The lowest BCUT2D eigenvalue weighted by molar-refractivity contribution is -0.136. The van der Waals surface area contributed by atoms with Crippen LogP contribution < -0.4 is 10.6 Å².